The maximum atomic E-state index is 13.2. The lowest BCUT2D eigenvalue weighted by molar-refractivity contribution is 0.0386. The molecule has 3 rings (SSSR count). The van der Waals surface area contributed by atoms with Crippen LogP contribution in [0.1, 0.15) is 59.4 Å². The highest BCUT2D eigenvalue weighted by Gasteiger charge is 2.28. The standard InChI is InChI=1S/C29H40N2O5S2/c1-20(2)15-22(13-14-38(34,35)23-11-12-24-27(18-23)37-19-30-24)17-26(32)25(16-21-9-7-6-8-10-21)31-28(33)36-29(3,4)5/h6-12,18-20,22,25-26,32H,13-17H2,1-5H3,(H,31,33)/t22?,25-,26+/m0/s1. The first kappa shape index (κ1) is 30.1. The number of nitrogens with one attached hydrogen (secondary N) is 1. The van der Waals surface area contributed by atoms with Crippen molar-refractivity contribution in [2.75, 3.05) is 5.75 Å². The molecule has 0 spiro atoms. The van der Waals surface area contributed by atoms with Gasteiger partial charge in [0.05, 0.1) is 38.5 Å². The molecule has 208 valence electrons. The Hall–Kier alpha value is -2.49. The van der Waals surface area contributed by atoms with E-state index in [1.807, 2.05) is 30.3 Å². The highest BCUT2D eigenvalue weighted by molar-refractivity contribution is 7.91. The van der Waals surface area contributed by atoms with Gasteiger partial charge in [0.15, 0.2) is 9.84 Å². The zero-order valence-electron chi connectivity index (χ0n) is 22.9. The normalized spacial score (nSPS) is 14.8. The Morgan fingerprint density at radius 2 is 1.82 bits per heavy atom. The van der Waals surface area contributed by atoms with Gasteiger partial charge in [-0.05, 0) is 82.1 Å². The van der Waals surface area contributed by atoms with Crippen LogP contribution in [0.25, 0.3) is 10.2 Å². The van der Waals surface area contributed by atoms with Gasteiger partial charge in [0.25, 0.3) is 0 Å². The molecule has 1 aromatic heterocycles. The van der Waals surface area contributed by atoms with E-state index in [9.17, 15) is 18.3 Å². The number of amides is 1. The molecule has 9 heteroatoms. The Morgan fingerprint density at radius 1 is 1.11 bits per heavy atom. The van der Waals surface area contributed by atoms with Gasteiger partial charge >= 0.3 is 6.09 Å². The van der Waals surface area contributed by atoms with E-state index < -0.39 is 33.7 Å². The number of hydrogen-bond donors (Lipinski definition) is 2. The molecular weight excluding hydrogens is 520 g/mol. The van der Waals surface area contributed by atoms with E-state index in [2.05, 4.69) is 24.1 Å². The number of fused-ring (bicyclic) bond motifs is 1. The maximum absolute atomic E-state index is 13.2. The van der Waals surface area contributed by atoms with Crippen molar-refractivity contribution in [3.8, 4) is 0 Å². The van der Waals surface area contributed by atoms with Crippen molar-refractivity contribution in [3.63, 3.8) is 0 Å². The fourth-order valence-corrected chi connectivity index (χ4v) is 6.83. The summed E-state index contributed by atoms with van der Waals surface area (Å²) < 4.78 is 32.6. The highest BCUT2D eigenvalue weighted by atomic mass is 32.2. The summed E-state index contributed by atoms with van der Waals surface area (Å²) in [4.78, 5) is 17.1. The number of sulfone groups is 1. The van der Waals surface area contributed by atoms with E-state index in [1.54, 1.807) is 44.5 Å². The third-order valence-corrected chi connectivity index (χ3v) is 8.84. The third kappa shape index (κ3) is 9.36. The van der Waals surface area contributed by atoms with Crippen molar-refractivity contribution in [1.82, 2.24) is 10.3 Å². The molecule has 2 aromatic carbocycles. The third-order valence-electron chi connectivity index (χ3n) is 6.30. The molecule has 0 aliphatic carbocycles. The van der Waals surface area contributed by atoms with Gasteiger partial charge in [-0.2, -0.15) is 0 Å². The highest BCUT2D eigenvalue weighted by Crippen LogP contribution is 2.27. The summed E-state index contributed by atoms with van der Waals surface area (Å²) in [5.41, 5.74) is 2.81. The molecule has 0 aliphatic rings. The fraction of sp³-hybridized carbons (Fsp3) is 0.517. The van der Waals surface area contributed by atoms with Crippen LogP contribution in [-0.4, -0.2) is 48.1 Å². The Kier molecular flexibility index (Phi) is 10.3. The first-order valence-electron chi connectivity index (χ1n) is 13.1. The zero-order chi connectivity index (χ0) is 27.9. The van der Waals surface area contributed by atoms with Crippen LogP contribution in [0, 0.1) is 11.8 Å². The van der Waals surface area contributed by atoms with Crippen LogP contribution >= 0.6 is 11.3 Å². The molecule has 3 atom stereocenters. The quantitative estimate of drug-likeness (QED) is 0.281. The zero-order valence-corrected chi connectivity index (χ0v) is 24.5. The Morgan fingerprint density at radius 3 is 2.47 bits per heavy atom. The molecule has 0 aliphatic heterocycles. The predicted molar refractivity (Wildman–Crippen MR) is 153 cm³/mol. The van der Waals surface area contributed by atoms with Crippen LogP contribution in [0.4, 0.5) is 4.79 Å². The number of ether oxygens (including phenoxy) is 1. The predicted octanol–water partition coefficient (Wildman–Crippen LogP) is 6.01. The average Bonchev–Trinajstić information content (AvgIpc) is 3.29. The van der Waals surface area contributed by atoms with Crippen molar-refractivity contribution in [2.24, 2.45) is 11.8 Å². The molecule has 0 saturated carbocycles. The van der Waals surface area contributed by atoms with E-state index in [0.717, 1.165) is 22.2 Å². The SMILES string of the molecule is CC(C)CC(CCS(=O)(=O)c1ccc2ncsc2c1)C[C@@H](O)[C@H](Cc1ccccc1)NC(=O)OC(C)(C)C. The summed E-state index contributed by atoms with van der Waals surface area (Å²) in [5, 5.41) is 14.2. The summed E-state index contributed by atoms with van der Waals surface area (Å²) in [6.45, 7) is 9.56. The second-order valence-corrected chi connectivity index (χ2v) is 14.3. The number of aromatic nitrogens is 1. The lowest BCUT2D eigenvalue weighted by Crippen LogP contribution is -2.47. The molecule has 0 saturated heterocycles. The molecule has 7 nitrogen and oxygen atoms in total. The Bertz CT molecular complexity index is 1280. The molecule has 38 heavy (non-hydrogen) atoms. The number of carbonyl (C=O) groups excluding carboxylic acids is 1. The fourth-order valence-electron chi connectivity index (χ4n) is 4.58. The van der Waals surface area contributed by atoms with Gasteiger partial charge in [-0.25, -0.2) is 18.2 Å². The minimum atomic E-state index is -3.50. The van der Waals surface area contributed by atoms with Gasteiger partial charge in [-0.1, -0.05) is 44.2 Å². The van der Waals surface area contributed by atoms with E-state index >= 15 is 0 Å². The van der Waals surface area contributed by atoms with E-state index in [4.69, 9.17) is 4.74 Å². The van der Waals surface area contributed by atoms with Crippen LogP contribution < -0.4 is 5.32 Å². The molecule has 1 amide bonds. The molecule has 0 fully saturated rings. The summed E-state index contributed by atoms with van der Waals surface area (Å²) >= 11 is 1.42. The van der Waals surface area contributed by atoms with E-state index in [1.165, 1.54) is 11.3 Å². The van der Waals surface area contributed by atoms with Crippen molar-refractivity contribution >= 4 is 37.5 Å². The minimum absolute atomic E-state index is 0.00966. The van der Waals surface area contributed by atoms with Crippen LogP contribution in [0.3, 0.4) is 0 Å². The first-order valence-corrected chi connectivity index (χ1v) is 15.6. The Balaban J connectivity index is 1.73. The number of aliphatic hydroxyl groups is 1. The molecule has 1 unspecified atom stereocenters. The molecular formula is C29H40N2O5S2. The maximum Gasteiger partial charge on any atom is 0.407 e. The largest absolute Gasteiger partial charge is 0.444 e. The number of carbonyl (C=O) groups is 1. The van der Waals surface area contributed by atoms with Gasteiger partial charge in [0.2, 0.25) is 0 Å². The van der Waals surface area contributed by atoms with E-state index in [0.29, 0.717) is 30.1 Å². The van der Waals surface area contributed by atoms with Crippen molar-refractivity contribution < 1.29 is 23.1 Å². The van der Waals surface area contributed by atoms with Gasteiger partial charge < -0.3 is 15.2 Å². The van der Waals surface area contributed by atoms with Crippen molar-refractivity contribution in [3.05, 3.63) is 59.6 Å². The number of aliphatic hydroxyl groups excluding tert-OH is 1. The number of alkyl carbamates (subject to hydrolysis) is 1. The number of thiazole rings is 1. The van der Waals surface area contributed by atoms with Gasteiger partial charge in [-0.15, -0.1) is 11.3 Å². The smallest absolute Gasteiger partial charge is 0.407 e. The molecule has 0 bridgehead atoms. The first-order chi connectivity index (χ1) is 17.8. The lowest BCUT2D eigenvalue weighted by Gasteiger charge is -2.29. The summed E-state index contributed by atoms with van der Waals surface area (Å²) in [5.74, 6) is 0.282. The lowest BCUT2D eigenvalue weighted by atomic mass is 9.86. The van der Waals surface area contributed by atoms with Gasteiger partial charge in [0.1, 0.15) is 5.60 Å². The van der Waals surface area contributed by atoms with Crippen LogP contribution in [0.15, 0.2) is 58.9 Å². The average molecular weight is 561 g/mol. The molecule has 3 aromatic rings. The Labute approximate surface area is 230 Å². The monoisotopic (exact) mass is 560 g/mol. The van der Waals surface area contributed by atoms with Crippen LogP contribution in [-0.2, 0) is 21.0 Å². The van der Waals surface area contributed by atoms with Gasteiger partial charge in [-0.3, -0.25) is 0 Å². The van der Waals surface area contributed by atoms with Crippen LogP contribution in [0.2, 0.25) is 0 Å². The van der Waals surface area contributed by atoms with E-state index in [-0.39, 0.29) is 11.7 Å². The second kappa shape index (κ2) is 13.0. The number of nitrogens with zero attached hydrogens (tertiary/aromatic N) is 1. The van der Waals surface area contributed by atoms with Crippen LogP contribution in [0.5, 0.6) is 0 Å². The summed E-state index contributed by atoms with van der Waals surface area (Å²) in [6, 6.07) is 14.1. The second-order valence-electron chi connectivity index (χ2n) is 11.3. The number of rotatable bonds is 12. The van der Waals surface area contributed by atoms with Crippen molar-refractivity contribution in [2.45, 2.75) is 82.9 Å². The number of hydrogen-bond acceptors (Lipinski definition) is 7. The molecule has 2 N–H and O–H groups in total. The van der Waals surface area contributed by atoms with Gasteiger partial charge in [0, 0.05) is 0 Å². The summed E-state index contributed by atoms with van der Waals surface area (Å²) in [6.07, 6.45) is 0.535. The van der Waals surface area contributed by atoms with Crippen molar-refractivity contribution in [1.29, 1.82) is 0 Å². The minimum Gasteiger partial charge on any atom is -0.444 e. The molecule has 0 radical (unpaired) electrons. The summed E-state index contributed by atoms with van der Waals surface area (Å²) in [7, 11) is -3.50. The molecule has 1 heterocycles. The number of benzene rings is 2. The topological polar surface area (TPSA) is 106 Å².